The van der Waals surface area contributed by atoms with Gasteiger partial charge >= 0.3 is 5.97 Å². The lowest BCUT2D eigenvalue weighted by Gasteiger charge is -2.27. The van der Waals surface area contributed by atoms with Crippen LogP contribution < -0.4 is 0 Å². The van der Waals surface area contributed by atoms with Crippen LogP contribution in [0.3, 0.4) is 0 Å². The van der Waals surface area contributed by atoms with Gasteiger partial charge < -0.3 is 9.52 Å². The van der Waals surface area contributed by atoms with Gasteiger partial charge in [-0.25, -0.2) is 12.8 Å². The number of rotatable bonds is 11. The number of nitrogens with zero attached hydrogens (tertiary/aromatic N) is 1. The smallest absolute Gasteiger partial charge is 0.322 e. The first kappa shape index (κ1) is 31.0. The lowest BCUT2D eigenvalue weighted by Crippen LogP contribution is -2.46. The maximum Gasteiger partial charge on any atom is 0.322 e. The van der Waals surface area contributed by atoms with Crippen molar-refractivity contribution in [2.24, 2.45) is 0 Å². The van der Waals surface area contributed by atoms with Gasteiger partial charge in [0.2, 0.25) is 10.0 Å². The summed E-state index contributed by atoms with van der Waals surface area (Å²) in [4.78, 5) is 12.2. The summed E-state index contributed by atoms with van der Waals surface area (Å²) in [6, 6.07) is 36.7. The van der Waals surface area contributed by atoms with Crippen molar-refractivity contribution in [1.29, 1.82) is 0 Å². The fourth-order valence-electron chi connectivity index (χ4n) is 5.82. The van der Waals surface area contributed by atoms with E-state index < -0.39 is 27.9 Å². The molecule has 0 unspecified atom stereocenters. The van der Waals surface area contributed by atoms with Crippen LogP contribution in [-0.4, -0.2) is 36.4 Å². The number of likely N-dealkylation sites (N-methyl/N-ethyl adjacent to an activating group) is 1. The van der Waals surface area contributed by atoms with E-state index >= 15 is 0 Å². The molecule has 0 aliphatic heterocycles. The molecule has 232 valence electrons. The van der Waals surface area contributed by atoms with Crippen LogP contribution in [0.1, 0.15) is 23.8 Å². The normalized spacial score (nSPS) is 12.4. The molecule has 6 nitrogen and oxygen atoms in total. The molecule has 1 N–H and O–H groups in total. The molecule has 1 aromatic heterocycles. The van der Waals surface area contributed by atoms with E-state index in [1.54, 1.807) is 19.1 Å². The lowest BCUT2D eigenvalue weighted by molar-refractivity contribution is -0.141. The molecule has 0 bridgehead atoms. The number of furan rings is 1. The van der Waals surface area contributed by atoms with E-state index in [0.29, 0.717) is 12.0 Å². The Bertz CT molecular complexity index is 2070. The summed E-state index contributed by atoms with van der Waals surface area (Å²) in [6.07, 6.45) is 0.566. The average Bonchev–Trinajstić information content (AvgIpc) is 3.43. The molecule has 0 spiro atoms. The molecule has 0 saturated heterocycles. The zero-order valence-electron chi connectivity index (χ0n) is 25.1. The highest BCUT2D eigenvalue weighted by Crippen LogP contribution is 2.37. The molecule has 0 saturated carbocycles. The molecule has 6 aromatic rings. The maximum absolute atomic E-state index is 13.6. The third-order valence-corrected chi connectivity index (χ3v) is 10.1. The van der Waals surface area contributed by atoms with E-state index in [4.69, 9.17) is 4.42 Å². The van der Waals surface area contributed by atoms with Crippen molar-refractivity contribution in [2.75, 3.05) is 6.54 Å². The van der Waals surface area contributed by atoms with Gasteiger partial charge in [-0.3, -0.25) is 4.79 Å². The Morgan fingerprint density at radius 3 is 1.98 bits per heavy atom. The predicted molar refractivity (Wildman–Crippen MR) is 177 cm³/mol. The number of hydrogen-bond acceptors (Lipinski definition) is 4. The molecular formula is C38H32FNO5S. The summed E-state index contributed by atoms with van der Waals surface area (Å²) in [7, 11) is -4.14. The van der Waals surface area contributed by atoms with Crippen LogP contribution in [0.4, 0.5) is 4.39 Å². The summed E-state index contributed by atoms with van der Waals surface area (Å²) < 4.78 is 47.9. The Labute approximate surface area is 267 Å². The Kier molecular flexibility index (Phi) is 8.83. The molecule has 0 aliphatic carbocycles. The molecule has 6 rings (SSSR count). The van der Waals surface area contributed by atoms with Crippen molar-refractivity contribution in [3.05, 3.63) is 150 Å². The van der Waals surface area contributed by atoms with Crippen molar-refractivity contribution >= 4 is 27.0 Å². The molecule has 1 atom stereocenters. The second kappa shape index (κ2) is 13.1. The zero-order chi connectivity index (χ0) is 32.3. The number of benzene rings is 5. The first-order chi connectivity index (χ1) is 22.2. The number of halogens is 1. The molecule has 8 heteroatoms. The minimum atomic E-state index is -4.14. The number of para-hydroxylation sites is 1. The molecular weight excluding hydrogens is 601 g/mol. The Morgan fingerprint density at radius 1 is 0.761 bits per heavy atom. The van der Waals surface area contributed by atoms with Gasteiger partial charge in [0.15, 0.2) is 0 Å². The van der Waals surface area contributed by atoms with Crippen molar-refractivity contribution in [2.45, 2.75) is 30.7 Å². The standard InChI is InChI=1S/C38H32FNO5S/c1-2-40(34(38(41)42)24-27-12-20-31(39)21-13-27)46(43,44)32-22-18-29(19-23-32)28-14-16-30(17-15-28)37-33-10-6-7-11-35(33)45-36(37)25-26-8-4-3-5-9-26/h3-23,34H,2,24-25H2,1H3,(H,41,42)/t34-/m0/s1. The number of carbonyl (C=O) groups is 1. The van der Waals surface area contributed by atoms with Crippen LogP contribution in [-0.2, 0) is 27.7 Å². The Morgan fingerprint density at radius 2 is 1.35 bits per heavy atom. The number of carboxylic acid groups (broad SMARTS) is 1. The first-order valence-corrected chi connectivity index (χ1v) is 16.4. The summed E-state index contributed by atoms with van der Waals surface area (Å²) >= 11 is 0. The zero-order valence-corrected chi connectivity index (χ0v) is 26.0. The third kappa shape index (κ3) is 6.36. The largest absolute Gasteiger partial charge is 0.480 e. The summed E-state index contributed by atoms with van der Waals surface area (Å²) in [5, 5.41) is 11.0. The van der Waals surface area contributed by atoms with Crippen LogP contribution in [0.5, 0.6) is 0 Å². The number of carboxylic acids is 1. The van der Waals surface area contributed by atoms with Gasteiger partial charge in [0, 0.05) is 23.9 Å². The minimum absolute atomic E-state index is 0.00417. The Hall–Kier alpha value is -5.05. The van der Waals surface area contributed by atoms with Crippen LogP contribution in [0.15, 0.2) is 137 Å². The fourth-order valence-corrected chi connectivity index (χ4v) is 7.41. The number of sulfonamides is 1. The third-order valence-electron chi connectivity index (χ3n) is 8.13. The van der Waals surface area contributed by atoms with Crippen LogP contribution in [0.25, 0.3) is 33.2 Å². The van der Waals surface area contributed by atoms with Gasteiger partial charge in [-0.05, 0) is 64.6 Å². The van der Waals surface area contributed by atoms with Gasteiger partial charge in [0.1, 0.15) is 23.2 Å². The first-order valence-electron chi connectivity index (χ1n) is 15.0. The average molecular weight is 634 g/mol. The lowest BCUT2D eigenvalue weighted by atomic mass is 9.96. The SMILES string of the molecule is CCN([C@@H](Cc1ccc(F)cc1)C(=O)O)S(=O)(=O)c1ccc(-c2ccc(-c3c(Cc4ccccc4)oc4ccccc34)cc2)cc1. The highest BCUT2D eigenvalue weighted by atomic mass is 32.2. The summed E-state index contributed by atoms with van der Waals surface area (Å²) in [5.74, 6) is -0.842. The quantitative estimate of drug-likeness (QED) is 0.155. The molecule has 0 fully saturated rings. The van der Waals surface area contributed by atoms with Gasteiger partial charge in [0.05, 0.1) is 4.90 Å². The van der Waals surface area contributed by atoms with Gasteiger partial charge in [-0.2, -0.15) is 4.31 Å². The van der Waals surface area contributed by atoms with Crippen LogP contribution in [0, 0.1) is 5.82 Å². The van der Waals surface area contributed by atoms with E-state index in [0.717, 1.165) is 48.9 Å². The highest BCUT2D eigenvalue weighted by Gasteiger charge is 2.35. The summed E-state index contributed by atoms with van der Waals surface area (Å²) in [6.45, 7) is 1.56. The summed E-state index contributed by atoms with van der Waals surface area (Å²) in [5.41, 5.74) is 6.28. The van der Waals surface area contributed by atoms with E-state index in [1.807, 2.05) is 60.7 Å². The monoisotopic (exact) mass is 633 g/mol. The second-order valence-electron chi connectivity index (χ2n) is 11.1. The van der Waals surface area contributed by atoms with Crippen molar-refractivity contribution in [3.8, 4) is 22.3 Å². The van der Waals surface area contributed by atoms with E-state index in [1.165, 1.54) is 36.4 Å². The Balaban J connectivity index is 1.26. The fraction of sp³-hybridized carbons (Fsp3) is 0.132. The van der Waals surface area contributed by atoms with Crippen molar-refractivity contribution < 1.29 is 27.1 Å². The van der Waals surface area contributed by atoms with Crippen LogP contribution in [0.2, 0.25) is 0 Å². The van der Waals surface area contributed by atoms with Crippen molar-refractivity contribution in [3.63, 3.8) is 0 Å². The number of aliphatic carboxylic acids is 1. The molecule has 1 heterocycles. The highest BCUT2D eigenvalue weighted by molar-refractivity contribution is 7.89. The molecule has 5 aromatic carbocycles. The maximum atomic E-state index is 13.6. The molecule has 46 heavy (non-hydrogen) atoms. The topological polar surface area (TPSA) is 87.8 Å². The number of fused-ring (bicyclic) bond motifs is 1. The molecule has 0 aliphatic rings. The van der Waals surface area contributed by atoms with Gasteiger partial charge in [0.25, 0.3) is 0 Å². The van der Waals surface area contributed by atoms with Crippen LogP contribution >= 0.6 is 0 Å². The van der Waals surface area contributed by atoms with E-state index in [2.05, 4.69) is 18.2 Å². The van der Waals surface area contributed by atoms with E-state index in [9.17, 15) is 22.7 Å². The van der Waals surface area contributed by atoms with Gasteiger partial charge in [-0.15, -0.1) is 0 Å². The number of hydrogen-bond donors (Lipinski definition) is 1. The second-order valence-corrected chi connectivity index (χ2v) is 12.9. The minimum Gasteiger partial charge on any atom is -0.480 e. The predicted octanol–water partition coefficient (Wildman–Crippen LogP) is 8.20. The van der Waals surface area contributed by atoms with E-state index in [-0.39, 0.29) is 17.9 Å². The van der Waals surface area contributed by atoms with Gasteiger partial charge in [-0.1, -0.05) is 104 Å². The molecule has 0 radical (unpaired) electrons. The van der Waals surface area contributed by atoms with Crippen molar-refractivity contribution in [1.82, 2.24) is 4.31 Å². The molecule has 0 amide bonds.